The van der Waals surface area contributed by atoms with Crippen LogP contribution in [0.2, 0.25) is 0 Å². The first-order valence-electron chi connectivity index (χ1n) is 7.05. The van der Waals surface area contributed by atoms with Gasteiger partial charge in [0.15, 0.2) is 0 Å². The lowest BCUT2D eigenvalue weighted by Crippen LogP contribution is -2.44. The van der Waals surface area contributed by atoms with Crippen LogP contribution in [0.1, 0.15) is 44.8 Å². The molecule has 1 aromatic heterocycles. The Labute approximate surface area is 109 Å². The van der Waals surface area contributed by atoms with Crippen LogP contribution in [-0.4, -0.2) is 34.6 Å². The molecule has 4 heteroatoms. The Bertz CT molecular complexity index is 369. The quantitative estimate of drug-likeness (QED) is 0.838. The largest absolute Gasteiger partial charge is 0.396 e. The van der Waals surface area contributed by atoms with Crippen molar-refractivity contribution in [1.29, 1.82) is 0 Å². The van der Waals surface area contributed by atoms with Crippen molar-refractivity contribution in [3.63, 3.8) is 0 Å². The molecule has 18 heavy (non-hydrogen) atoms. The number of hydrogen-bond acceptors (Lipinski definition) is 3. The standard InChI is InChI=1S/C14H25N3O/c1-3-12(2)17-8-5-13(16-17)9-14(11-18)6-4-7-15-10-14/h5,8,12,15,18H,3-4,6-7,9-11H2,1-2H3. The van der Waals surface area contributed by atoms with Crippen molar-refractivity contribution in [3.05, 3.63) is 18.0 Å². The number of nitrogens with zero attached hydrogens (tertiary/aromatic N) is 2. The van der Waals surface area contributed by atoms with Gasteiger partial charge in [-0.05, 0) is 38.8 Å². The lowest BCUT2D eigenvalue weighted by atomic mass is 9.78. The Morgan fingerprint density at radius 3 is 3.06 bits per heavy atom. The molecule has 0 spiro atoms. The van der Waals surface area contributed by atoms with Gasteiger partial charge in [0.05, 0.1) is 12.3 Å². The smallest absolute Gasteiger partial charge is 0.0631 e. The minimum absolute atomic E-state index is 0.00706. The predicted molar refractivity (Wildman–Crippen MR) is 72.6 cm³/mol. The van der Waals surface area contributed by atoms with Crippen molar-refractivity contribution in [2.24, 2.45) is 5.41 Å². The first kappa shape index (κ1) is 13.6. The number of aliphatic hydroxyl groups is 1. The van der Waals surface area contributed by atoms with E-state index < -0.39 is 0 Å². The van der Waals surface area contributed by atoms with Crippen molar-refractivity contribution in [2.75, 3.05) is 19.7 Å². The highest BCUT2D eigenvalue weighted by Gasteiger charge is 2.32. The molecular formula is C14H25N3O. The molecule has 2 atom stereocenters. The van der Waals surface area contributed by atoms with Crippen molar-refractivity contribution >= 4 is 0 Å². The van der Waals surface area contributed by atoms with Crippen molar-refractivity contribution in [2.45, 2.75) is 45.6 Å². The van der Waals surface area contributed by atoms with E-state index in [0.717, 1.165) is 44.5 Å². The summed E-state index contributed by atoms with van der Waals surface area (Å²) in [5, 5.41) is 17.7. The molecule has 102 valence electrons. The molecule has 1 saturated heterocycles. The zero-order chi connectivity index (χ0) is 13.0. The third-order valence-corrected chi connectivity index (χ3v) is 4.16. The van der Waals surface area contributed by atoms with E-state index in [9.17, 15) is 5.11 Å². The van der Waals surface area contributed by atoms with Gasteiger partial charge < -0.3 is 10.4 Å². The van der Waals surface area contributed by atoms with Crippen LogP contribution in [-0.2, 0) is 6.42 Å². The van der Waals surface area contributed by atoms with Gasteiger partial charge in [0.1, 0.15) is 0 Å². The monoisotopic (exact) mass is 251 g/mol. The van der Waals surface area contributed by atoms with Crippen LogP contribution in [0, 0.1) is 5.41 Å². The van der Waals surface area contributed by atoms with Crippen LogP contribution in [0.4, 0.5) is 0 Å². The Morgan fingerprint density at radius 1 is 1.61 bits per heavy atom. The number of piperidine rings is 1. The molecule has 2 unspecified atom stereocenters. The summed E-state index contributed by atoms with van der Waals surface area (Å²) in [6.07, 6.45) is 6.26. The molecule has 0 saturated carbocycles. The van der Waals surface area contributed by atoms with Crippen LogP contribution in [0.25, 0.3) is 0 Å². The summed E-state index contributed by atoms with van der Waals surface area (Å²) in [5.41, 5.74) is 1.10. The van der Waals surface area contributed by atoms with Crippen LogP contribution >= 0.6 is 0 Å². The van der Waals surface area contributed by atoms with Crippen LogP contribution in [0.15, 0.2) is 12.3 Å². The van der Waals surface area contributed by atoms with Crippen molar-refractivity contribution in [3.8, 4) is 0 Å². The number of aliphatic hydroxyl groups excluding tert-OH is 1. The molecule has 0 radical (unpaired) electrons. The first-order valence-corrected chi connectivity index (χ1v) is 7.05. The van der Waals surface area contributed by atoms with Gasteiger partial charge in [0.2, 0.25) is 0 Å². The van der Waals surface area contributed by atoms with Crippen LogP contribution in [0.3, 0.4) is 0 Å². The summed E-state index contributed by atoms with van der Waals surface area (Å²) >= 11 is 0. The third kappa shape index (κ3) is 2.93. The molecule has 0 aromatic carbocycles. The zero-order valence-electron chi connectivity index (χ0n) is 11.5. The highest BCUT2D eigenvalue weighted by molar-refractivity contribution is 5.05. The summed E-state index contributed by atoms with van der Waals surface area (Å²) in [6, 6.07) is 2.55. The molecule has 0 amide bonds. The molecule has 0 bridgehead atoms. The van der Waals surface area contributed by atoms with E-state index in [1.165, 1.54) is 0 Å². The topological polar surface area (TPSA) is 50.1 Å². The SMILES string of the molecule is CCC(C)n1ccc(CC2(CO)CCCNC2)n1. The molecule has 1 aromatic rings. The van der Waals surface area contributed by atoms with E-state index in [1.807, 2.05) is 4.68 Å². The van der Waals surface area contributed by atoms with Gasteiger partial charge in [-0.1, -0.05) is 6.92 Å². The summed E-state index contributed by atoms with van der Waals surface area (Å²) < 4.78 is 2.04. The Balaban J connectivity index is 2.05. The molecule has 2 heterocycles. The second-order valence-corrected chi connectivity index (χ2v) is 5.66. The number of nitrogens with one attached hydrogen (secondary N) is 1. The van der Waals surface area contributed by atoms with Crippen molar-refractivity contribution < 1.29 is 5.11 Å². The molecule has 2 N–H and O–H groups in total. The predicted octanol–water partition coefficient (Wildman–Crippen LogP) is 1.76. The normalized spacial score (nSPS) is 26.2. The van der Waals surface area contributed by atoms with Gasteiger partial charge in [-0.25, -0.2) is 0 Å². The third-order valence-electron chi connectivity index (χ3n) is 4.16. The van der Waals surface area contributed by atoms with Crippen molar-refractivity contribution in [1.82, 2.24) is 15.1 Å². The van der Waals surface area contributed by atoms with Gasteiger partial charge in [-0.3, -0.25) is 4.68 Å². The van der Waals surface area contributed by atoms with E-state index in [-0.39, 0.29) is 12.0 Å². The van der Waals surface area contributed by atoms with E-state index in [4.69, 9.17) is 0 Å². The molecule has 4 nitrogen and oxygen atoms in total. The van der Waals surface area contributed by atoms with Gasteiger partial charge in [0.25, 0.3) is 0 Å². The number of hydrogen-bond donors (Lipinski definition) is 2. The highest BCUT2D eigenvalue weighted by Crippen LogP contribution is 2.29. The second kappa shape index (κ2) is 5.85. The molecule has 1 aliphatic rings. The Hall–Kier alpha value is -0.870. The minimum Gasteiger partial charge on any atom is -0.396 e. The van der Waals surface area contributed by atoms with Crippen LogP contribution < -0.4 is 5.32 Å². The minimum atomic E-state index is -0.00706. The second-order valence-electron chi connectivity index (χ2n) is 5.66. The van der Waals surface area contributed by atoms with Gasteiger partial charge in [-0.2, -0.15) is 5.10 Å². The maximum absolute atomic E-state index is 9.69. The first-order chi connectivity index (χ1) is 8.69. The highest BCUT2D eigenvalue weighted by atomic mass is 16.3. The lowest BCUT2D eigenvalue weighted by molar-refractivity contribution is 0.0936. The summed E-state index contributed by atoms with van der Waals surface area (Å²) in [7, 11) is 0. The summed E-state index contributed by atoms with van der Waals surface area (Å²) in [6.45, 7) is 6.58. The van der Waals surface area contributed by atoms with E-state index in [0.29, 0.717) is 6.04 Å². The fourth-order valence-corrected chi connectivity index (χ4v) is 2.66. The maximum Gasteiger partial charge on any atom is 0.0631 e. The maximum atomic E-state index is 9.69. The molecule has 0 aliphatic carbocycles. The van der Waals surface area contributed by atoms with E-state index in [2.05, 4.69) is 36.5 Å². The number of aromatic nitrogens is 2. The summed E-state index contributed by atoms with van der Waals surface area (Å²) in [5.74, 6) is 0. The van der Waals surface area contributed by atoms with E-state index >= 15 is 0 Å². The molecule has 1 aliphatic heterocycles. The van der Waals surface area contributed by atoms with Gasteiger partial charge >= 0.3 is 0 Å². The Kier molecular flexibility index (Phi) is 4.40. The number of rotatable bonds is 5. The van der Waals surface area contributed by atoms with Crippen LogP contribution in [0.5, 0.6) is 0 Å². The molecule has 2 rings (SSSR count). The fourth-order valence-electron chi connectivity index (χ4n) is 2.66. The van der Waals surface area contributed by atoms with Gasteiger partial charge in [-0.15, -0.1) is 0 Å². The molecule has 1 fully saturated rings. The lowest BCUT2D eigenvalue weighted by Gasteiger charge is -2.35. The van der Waals surface area contributed by atoms with E-state index in [1.54, 1.807) is 0 Å². The average Bonchev–Trinajstić information content (AvgIpc) is 2.87. The average molecular weight is 251 g/mol. The fraction of sp³-hybridized carbons (Fsp3) is 0.786. The Morgan fingerprint density at radius 2 is 2.44 bits per heavy atom. The zero-order valence-corrected chi connectivity index (χ0v) is 11.5. The van der Waals surface area contributed by atoms with Gasteiger partial charge in [0, 0.05) is 30.6 Å². The molecular weight excluding hydrogens is 226 g/mol. The summed E-state index contributed by atoms with van der Waals surface area (Å²) in [4.78, 5) is 0.